The normalized spacial score (nSPS) is 13.0. The number of amides is 1. The maximum absolute atomic E-state index is 13.2. The molecule has 0 aromatic heterocycles. The fraction of sp³-hybridized carbons (Fsp3) is 0.257. The number of ether oxygens (including phenoxy) is 3. The topological polar surface area (TPSA) is 108 Å². The van der Waals surface area contributed by atoms with Crippen LogP contribution in [0.2, 0.25) is 0 Å². The van der Waals surface area contributed by atoms with E-state index in [1.54, 1.807) is 45.0 Å². The first-order valence-electron chi connectivity index (χ1n) is 14.1. The van der Waals surface area contributed by atoms with Crippen molar-refractivity contribution in [1.29, 1.82) is 0 Å². The van der Waals surface area contributed by atoms with Crippen LogP contribution in [0.4, 0.5) is 4.79 Å². The van der Waals surface area contributed by atoms with Crippen molar-refractivity contribution >= 4 is 34.6 Å². The van der Waals surface area contributed by atoms with Gasteiger partial charge in [-0.15, -0.1) is 0 Å². The number of hydrogen-bond donors (Lipinski definition) is 1. The molecule has 0 saturated carbocycles. The van der Waals surface area contributed by atoms with E-state index in [0.29, 0.717) is 10.9 Å². The molecular formula is C35H33NO7. The largest absolute Gasteiger partial charge is 0.460 e. The average Bonchev–Trinajstić information content (AvgIpc) is 3.30. The summed E-state index contributed by atoms with van der Waals surface area (Å²) in [6, 6.07) is 27.1. The summed E-state index contributed by atoms with van der Waals surface area (Å²) >= 11 is 0. The number of carbonyl (C=O) groups is 4. The van der Waals surface area contributed by atoms with Crippen molar-refractivity contribution in [2.24, 2.45) is 0 Å². The van der Waals surface area contributed by atoms with Crippen molar-refractivity contribution in [3.63, 3.8) is 0 Å². The molecule has 1 amide bonds. The first-order valence-corrected chi connectivity index (χ1v) is 14.1. The van der Waals surface area contributed by atoms with Gasteiger partial charge in [0, 0.05) is 5.92 Å². The second-order valence-corrected chi connectivity index (χ2v) is 11.4. The smallest absolute Gasteiger partial charge is 0.407 e. The highest BCUT2D eigenvalue weighted by atomic mass is 16.6. The molecule has 0 aliphatic heterocycles. The molecule has 1 aliphatic carbocycles. The van der Waals surface area contributed by atoms with Crippen LogP contribution in [0.25, 0.3) is 21.9 Å². The van der Waals surface area contributed by atoms with Crippen LogP contribution in [0.5, 0.6) is 0 Å². The van der Waals surface area contributed by atoms with Gasteiger partial charge >= 0.3 is 18.0 Å². The number of alkyl carbamates (subject to hydrolysis) is 1. The van der Waals surface area contributed by atoms with Crippen molar-refractivity contribution in [1.82, 2.24) is 5.32 Å². The maximum atomic E-state index is 13.2. The molecule has 1 aliphatic rings. The minimum atomic E-state index is -1.33. The Labute approximate surface area is 250 Å². The van der Waals surface area contributed by atoms with Crippen LogP contribution in [0.1, 0.15) is 54.6 Å². The van der Waals surface area contributed by atoms with Crippen LogP contribution in [0.3, 0.4) is 0 Å². The zero-order valence-corrected chi connectivity index (χ0v) is 24.3. The summed E-state index contributed by atoms with van der Waals surface area (Å²) in [4.78, 5) is 51.7. The molecule has 0 spiro atoms. The molecule has 5 rings (SSSR count). The van der Waals surface area contributed by atoms with Crippen LogP contribution in [-0.4, -0.2) is 48.7 Å². The van der Waals surface area contributed by atoms with Gasteiger partial charge in [-0.1, -0.05) is 84.9 Å². The molecule has 8 nitrogen and oxygen atoms in total. The lowest BCUT2D eigenvalue weighted by Gasteiger charge is -2.22. The predicted molar refractivity (Wildman–Crippen MR) is 162 cm³/mol. The summed E-state index contributed by atoms with van der Waals surface area (Å²) in [6.07, 6.45) is -1.32. The Morgan fingerprint density at radius 3 is 2.05 bits per heavy atom. The van der Waals surface area contributed by atoms with Gasteiger partial charge in [-0.2, -0.15) is 0 Å². The molecule has 1 N–H and O–H groups in total. The summed E-state index contributed by atoms with van der Waals surface area (Å²) in [7, 11) is 0. The third kappa shape index (κ3) is 6.92. The third-order valence-corrected chi connectivity index (χ3v) is 7.17. The molecule has 0 fully saturated rings. The molecule has 1 atom stereocenters. The summed E-state index contributed by atoms with van der Waals surface area (Å²) in [5.41, 5.74) is 3.75. The van der Waals surface area contributed by atoms with Crippen LogP contribution < -0.4 is 5.32 Å². The minimum absolute atomic E-state index is 0.0310. The van der Waals surface area contributed by atoms with Gasteiger partial charge in [-0.3, -0.25) is 9.59 Å². The minimum Gasteiger partial charge on any atom is -0.460 e. The van der Waals surface area contributed by atoms with Gasteiger partial charge in [-0.05, 0) is 59.9 Å². The highest BCUT2D eigenvalue weighted by Crippen LogP contribution is 2.44. The first-order chi connectivity index (χ1) is 20.6. The molecule has 43 heavy (non-hydrogen) atoms. The predicted octanol–water partition coefficient (Wildman–Crippen LogP) is 6.20. The van der Waals surface area contributed by atoms with E-state index in [2.05, 4.69) is 5.32 Å². The van der Waals surface area contributed by atoms with E-state index in [-0.39, 0.29) is 12.5 Å². The lowest BCUT2D eigenvalue weighted by atomic mass is 9.98. The highest BCUT2D eigenvalue weighted by molar-refractivity contribution is 6.05. The Balaban J connectivity index is 1.26. The van der Waals surface area contributed by atoms with Gasteiger partial charge in [0.1, 0.15) is 18.2 Å². The second kappa shape index (κ2) is 12.5. The number of carbonyl (C=O) groups excluding carboxylic acids is 4. The lowest BCUT2D eigenvalue weighted by molar-refractivity contribution is -0.156. The summed E-state index contributed by atoms with van der Waals surface area (Å²) < 4.78 is 16.3. The molecule has 0 unspecified atom stereocenters. The van der Waals surface area contributed by atoms with Gasteiger partial charge in [0.2, 0.25) is 0 Å². The maximum Gasteiger partial charge on any atom is 0.407 e. The number of fused-ring (bicyclic) bond motifs is 4. The van der Waals surface area contributed by atoms with Gasteiger partial charge in [-0.25, -0.2) is 9.59 Å². The monoisotopic (exact) mass is 579 g/mol. The standard InChI is InChI=1S/C35H33NO7/c1-35(2,3)43-32(38)19-30(31(37)21-41-33(39)28-18-10-12-22-11-4-5-13-23(22)28)36-34(40)42-20-29-26-16-8-6-14-24(26)25-15-7-9-17-27(25)29/h4-18,29-30H,19-21H2,1-3H3,(H,36,40)/t30-/m0/s1. The van der Waals surface area contributed by atoms with Crippen LogP contribution in [0.15, 0.2) is 91.0 Å². The average molecular weight is 580 g/mol. The van der Waals surface area contributed by atoms with Gasteiger partial charge in [0.05, 0.1) is 12.0 Å². The Morgan fingerprint density at radius 1 is 0.767 bits per heavy atom. The number of nitrogens with one attached hydrogen (secondary N) is 1. The molecule has 4 aromatic carbocycles. The van der Waals surface area contributed by atoms with Gasteiger partial charge < -0.3 is 19.5 Å². The molecule has 0 radical (unpaired) electrons. The van der Waals surface area contributed by atoms with Crippen LogP contribution >= 0.6 is 0 Å². The number of benzene rings is 4. The Hall–Kier alpha value is -4.98. The van der Waals surface area contributed by atoms with E-state index in [1.165, 1.54) is 0 Å². The molecule has 8 heteroatoms. The number of ketones is 1. The summed E-state index contributed by atoms with van der Waals surface area (Å²) in [5.74, 6) is -2.24. The van der Waals surface area contributed by atoms with E-state index in [4.69, 9.17) is 14.2 Å². The lowest BCUT2D eigenvalue weighted by Crippen LogP contribution is -2.45. The highest BCUT2D eigenvalue weighted by Gasteiger charge is 2.31. The molecule has 4 aromatic rings. The van der Waals surface area contributed by atoms with Crippen LogP contribution in [-0.2, 0) is 23.8 Å². The Bertz CT molecular complexity index is 1640. The first kappa shape index (κ1) is 29.5. The van der Waals surface area contributed by atoms with Crippen molar-refractivity contribution in [3.05, 3.63) is 108 Å². The van der Waals surface area contributed by atoms with Crippen molar-refractivity contribution in [2.75, 3.05) is 13.2 Å². The fourth-order valence-electron chi connectivity index (χ4n) is 5.30. The van der Waals surface area contributed by atoms with E-state index >= 15 is 0 Å². The number of hydrogen-bond acceptors (Lipinski definition) is 7. The van der Waals surface area contributed by atoms with Crippen LogP contribution in [0, 0.1) is 0 Å². The Morgan fingerprint density at radius 2 is 1.37 bits per heavy atom. The number of Topliss-reactive ketones (excluding diaryl/α,β-unsaturated/α-hetero) is 1. The number of rotatable bonds is 9. The zero-order valence-electron chi connectivity index (χ0n) is 24.3. The zero-order chi connectivity index (χ0) is 30.6. The molecule has 0 heterocycles. The van der Waals surface area contributed by atoms with E-state index in [1.807, 2.05) is 66.7 Å². The van der Waals surface area contributed by atoms with Crippen molar-refractivity contribution < 1.29 is 33.4 Å². The van der Waals surface area contributed by atoms with Gasteiger partial charge in [0.25, 0.3) is 0 Å². The SMILES string of the molecule is CC(C)(C)OC(=O)C[C@H](NC(=O)OCC1c2ccccc2-c2ccccc21)C(=O)COC(=O)c1cccc2ccccc12. The molecular weight excluding hydrogens is 546 g/mol. The van der Waals surface area contributed by atoms with Crippen molar-refractivity contribution in [2.45, 2.75) is 44.8 Å². The molecule has 0 bridgehead atoms. The summed E-state index contributed by atoms with van der Waals surface area (Å²) in [5, 5.41) is 4.03. The van der Waals surface area contributed by atoms with E-state index < -0.39 is 48.5 Å². The summed E-state index contributed by atoms with van der Waals surface area (Å²) in [6.45, 7) is 4.48. The van der Waals surface area contributed by atoms with Gasteiger partial charge in [0.15, 0.2) is 12.4 Å². The van der Waals surface area contributed by atoms with E-state index in [0.717, 1.165) is 27.6 Å². The number of esters is 2. The van der Waals surface area contributed by atoms with Crippen molar-refractivity contribution in [3.8, 4) is 11.1 Å². The van der Waals surface area contributed by atoms with E-state index in [9.17, 15) is 19.2 Å². The molecule has 220 valence electrons. The second-order valence-electron chi connectivity index (χ2n) is 11.4. The fourth-order valence-corrected chi connectivity index (χ4v) is 5.30. The Kier molecular flexibility index (Phi) is 8.57. The molecule has 0 saturated heterocycles. The third-order valence-electron chi connectivity index (χ3n) is 7.17. The quantitative estimate of drug-likeness (QED) is 0.186.